The Morgan fingerprint density at radius 1 is 1.50 bits per heavy atom. The minimum absolute atomic E-state index is 0.0465. The Labute approximate surface area is 132 Å². The van der Waals surface area contributed by atoms with Crippen LogP contribution in [0.5, 0.6) is 0 Å². The highest BCUT2D eigenvalue weighted by molar-refractivity contribution is 9.10. The fraction of sp³-hybridized carbons (Fsp3) is 0.500. The SMILES string of the molecule is CCC(C)(C)N(C)S(=O)(=O)c1cc(Cl)c(Br)c(N)c1F. The first-order valence-corrected chi connectivity index (χ1v) is 8.50. The Balaban J connectivity index is 3.53. The van der Waals surface area contributed by atoms with E-state index in [1.54, 1.807) is 13.8 Å². The van der Waals surface area contributed by atoms with Gasteiger partial charge in [-0.25, -0.2) is 12.8 Å². The highest BCUT2D eigenvalue weighted by Crippen LogP contribution is 2.36. The molecule has 0 aliphatic heterocycles. The van der Waals surface area contributed by atoms with Crippen LogP contribution in [0.2, 0.25) is 5.02 Å². The standard InChI is InChI=1S/C12H17BrClFN2O2S/c1-5-12(2,3)17(4)20(18,19)8-6-7(14)9(13)11(16)10(8)15/h6H,5,16H2,1-4H3. The normalized spacial score (nSPS) is 13.0. The van der Waals surface area contributed by atoms with E-state index in [4.69, 9.17) is 17.3 Å². The van der Waals surface area contributed by atoms with E-state index in [0.29, 0.717) is 6.42 Å². The van der Waals surface area contributed by atoms with Gasteiger partial charge in [0.25, 0.3) is 0 Å². The molecule has 0 radical (unpaired) electrons. The Morgan fingerprint density at radius 3 is 2.45 bits per heavy atom. The van der Waals surface area contributed by atoms with Gasteiger partial charge in [0.15, 0.2) is 5.82 Å². The molecule has 114 valence electrons. The van der Waals surface area contributed by atoms with E-state index in [0.717, 1.165) is 10.4 Å². The van der Waals surface area contributed by atoms with E-state index in [2.05, 4.69) is 15.9 Å². The quantitative estimate of drug-likeness (QED) is 0.634. The summed E-state index contributed by atoms with van der Waals surface area (Å²) in [5, 5.41) is 0.0465. The first kappa shape index (κ1) is 17.7. The molecule has 0 unspecified atom stereocenters. The summed E-state index contributed by atoms with van der Waals surface area (Å²) in [6.45, 7) is 5.36. The van der Waals surface area contributed by atoms with Crippen molar-refractivity contribution in [1.29, 1.82) is 0 Å². The predicted octanol–water partition coefficient (Wildman–Crippen LogP) is 3.63. The molecule has 1 aromatic carbocycles. The molecule has 0 saturated carbocycles. The lowest BCUT2D eigenvalue weighted by Crippen LogP contribution is -2.44. The summed E-state index contributed by atoms with van der Waals surface area (Å²) in [5.74, 6) is -1.000. The zero-order chi connectivity index (χ0) is 15.9. The fourth-order valence-corrected chi connectivity index (χ4v) is 3.72. The Bertz CT molecular complexity index is 635. The number of rotatable bonds is 4. The topological polar surface area (TPSA) is 63.4 Å². The van der Waals surface area contributed by atoms with Crippen molar-refractivity contribution >= 4 is 43.2 Å². The molecule has 0 amide bonds. The van der Waals surface area contributed by atoms with E-state index in [1.165, 1.54) is 7.05 Å². The second-order valence-corrected chi connectivity index (χ2v) is 8.17. The maximum absolute atomic E-state index is 14.2. The molecule has 20 heavy (non-hydrogen) atoms. The molecule has 0 aromatic heterocycles. The van der Waals surface area contributed by atoms with Crippen LogP contribution in [-0.4, -0.2) is 25.3 Å². The second-order valence-electron chi connectivity index (χ2n) is 5.04. The van der Waals surface area contributed by atoms with Crippen LogP contribution in [0.1, 0.15) is 27.2 Å². The van der Waals surface area contributed by atoms with Crippen molar-refractivity contribution in [3.05, 3.63) is 21.4 Å². The van der Waals surface area contributed by atoms with Crippen molar-refractivity contribution in [2.45, 2.75) is 37.6 Å². The van der Waals surface area contributed by atoms with Crippen molar-refractivity contribution < 1.29 is 12.8 Å². The molecule has 0 saturated heterocycles. The number of sulfonamides is 1. The van der Waals surface area contributed by atoms with Crippen molar-refractivity contribution in [3.8, 4) is 0 Å². The van der Waals surface area contributed by atoms with Crippen LogP contribution < -0.4 is 5.73 Å². The molecule has 0 aliphatic carbocycles. The van der Waals surface area contributed by atoms with Crippen molar-refractivity contribution in [3.63, 3.8) is 0 Å². The molecule has 0 heterocycles. The molecule has 2 N–H and O–H groups in total. The van der Waals surface area contributed by atoms with Crippen molar-refractivity contribution in [1.82, 2.24) is 4.31 Å². The average molecular weight is 388 g/mol. The smallest absolute Gasteiger partial charge is 0.246 e. The Hall–Kier alpha value is -0.370. The molecular formula is C12H17BrClFN2O2S. The van der Waals surface area contributed by atoms with Gasteiger partial charge in [-0.05, 0) is 42.3 Å². The van der Waals surface area contributed by atoms with Gasteiger partial charge in [-0.3, -0.25) is 0 Å². The molecule has 0 bridgehead atoms. The zero-order valence-electron chi connectivity index (χ0n) is 11.7. The molecule has 0 fully saturated rings. The van der Waals surface area contributed by atoms with Crippen molar-refractivity contribution in [2.75, 3.05) is 12.8 Å². The van der Waals surface area contributed by atoms with E-state index in [-0.39, 0.29) is 15.2 Å². The van der Waals surface area contributed by atoms with Crippen LogP contribution in [0.25, 0.3) is 0 Å². The second kappa shape index (κ2) is 5.79. The molecule has 0 spiro atoms. The van der Waals surface area contributed by atoms with E-state index < -0.39 is 26.3 Å². The lowest BCUT2D eigenvalue weighted by atomic mass is 10.0. The summed E-state index contributed by atoms with van der Waals surface area (Å²) in [7, 11) is -2.62. The largest absolute Gasteiger partial charge is 0.395 e. The van der Waals surface area contributed by atoms with Gasteiger partial charge in [-0.15, -0.1) is 0 Å². The fourth-order valence-electron chi connectivity index (χ4n) is 1.48. The molecule has 0 atom stereocenters. The van der Waals surface area contributed by atoms with Gasteiger partial charge in [0.2, 0.25) is 10.0 Å². The third kappa shape index (κ3) is 2.95. The molecule has 1 aromatic rings. The molecule has 8 heteroatoms. The lowest BCUT2D eigenvalue weighted by Gasteiger charge is -2.33. The summed E-state index contributed by atoms with van der Waals surface area (Å²) in [6, 6.07) is 1.06. The van der Waals surface area contributed by atoms with E-state index >= 15 is 0 Å². The van der Waals surface area contributed by atoms with Crippen LogP contribution >= 0.6 is 27.5 Å². The monoisotopic (exact) mass is 386 g/mol. The molecular weight excluding hydrogens is 371 g/mol. The lowest BCUT2D eigenvalue weighted by molar-refractivity contribution is 0.256. The first-order valence-electron chi connectivity index (χ1n) is 5.88. The van der Waals surface area contributed by atoms with Crippen molar-refractivity contribution in [2.24, 2.45) is 0 Å². The van der Waals surface area contributed by atoms with Crippen LogP contribution in [0.3, 0.4) is 0 Å². The minimum Gasteiger partial charge on any atom is -0.395 e. The zero-order valence-corrected chi connectivity index (χ0v) is 14.8. The number of anilines is 1. The van der Waals surface area contributed by atoms with Crippen LogP contribution in [0.15, 0.2) is 15.4 Å². The van der Waals surface area contributed by atoms with Gasteiger partial charge in [0.1, 0.15) is 4.90 Å². The number of benzene rings is 1. The Kier molecular flexibility index (Phi) is 5.12. The number of hydrogen-bond acceptors (Lipinski definition) is 3. The van der Waals surface area contributed by atoms with E-state index in [9.17, 15) is 12.8 Å². The summed E-state index contributed by atoms with van der Waals surface area (Å²) in [5.41, 5.74) is 4.56. The first-order chi connectivity index (χ1) is 8.96. The summed E-state index contributed by atoms with van der Waals surface area (Å²) >= 11 is 8.89. The number of nitrogen functional groups attached to an aromatic ring is 1. The van der Waals surface area contributed by atoms with Gasteiger partial charge in [0.05, 0.1) is 15.2 Å². The summed E-state index contributed by atoms with van der Waals surface area (Å²) in [4.78, 5) is -0.521. The molecule has 1 rings (SSSR count). The highest BCUT2D eigenvalue weighted by Gasteiger charge is 2.35. The predicted molar refractivity (Wildman–Crippen MR) is 82.8 cm³/mol. The van der Waals surface area contributed by atoms with Gasteiger partial charge in [0, 0.05) is 12.6 Å². The number of halogens is 3. The maximum atomic E-state index is 14.2. The summed E-state index contributed by atoms with van der Waals surface area (Å²) < 4.78 is 40.5. The average Bonchev–Trinajstić information content (AvgIpc) is 2.39. The third-order valence-electron chi connectivity index (χ3n) is 3.51. The number of nitrogens with zero attached hydrogens (tertiary/aromatic N) is 1. The van der Waals surface area contributed by atoms with Gasteiger partial charge in [-0.2, -0.15) is 4.31 Å². The van der Waals surface area contributed by atoms with Crippen LogP contribution in [0, 0.1) is 5.82 Å². The van der Waals surface area contributed by atoms with Crippen LogP contribution in [-0.2, 0) is 10.0 Å². The summed E-state index contributed by atoms with van der Waals surface area (Å²) in [6.07, 6.45) is 0.574. The van der Waals surface area contributed by atoms with Gasteiger partial charge < -0.3 is 5.73 Å². The number of nitrogens with two attached hydrogens (primary N) is 1. The number of hydrogen-bond donors (Lipinski definition) is 1. The van der Waals surface area contributed by atoms with Crippen LogP contribution in [0.4, 0.5) is 10.1 Å². The van der Waals surface area contributed by atoms with E-state index in [1.807, 2.05) is 6.92 Å². The minimum atomic E-state index is -4.03. The van der Waals surface area contributed by atoms with Gasteiger partial charge >= 0.3 is 0 Å². The third-order valence-corrected chi connectivity index (χ3v) is 6.96. The highest BCUT2D eigenvalue weighted by atomic mass is 79.9. The van der Waals surface area contributed by atoms with Gasteiger partial charge in [-0.1, -0.05) is 18.5 Å². The Morgan fingerprint density at radius 2 is 2.00 bits per heavy atom. The molecule has 0 aliphatic rings. The maximum Gasteiger partial charge on any atom is 0.246 e. The molecule has 4 nitrogen and oxygen atoms in total.